The van der Waals surface area contributed by atoms with E-state index in [0.717, 1.165) is 6.20 Å². The van der Waals surface area contributed by atoms with E-state index in [0.29, 0.717) is 22.8 Å². The summed E-state index contributed by atoms with van der Waals surface area (Å²) in [6, 6.07) is 5.30. The van der Waals surface area contributed by atoms with Crippen molar-refractivity contribution in [3.8, 4) is 17.1 Å². The maximum atomic E-state index is 13.1. The number of nitrogen functional groups attached to an aromatic ring is 1. The first-order valence-electron chi connectivity index (χ1n) is 6.29. The van der Waals surface area contributed by atoms with Crippen LogP contribution in [0.1, 0.15) is 0 Å². The fraction of sp³-hybridized carbons (Fsp3) is 0.0714. The van der Waals surface area contributed by atoms with Crippen molar-refractivity contribution < 1.29 is 13.5 Å². The van der Waals surface area contributed by atoms with Crippen LogP contribution >= 0.6 is 0 Å². The summed E-state index contributed by atoms with van der Waals surface area (Å²) in [6.45, 7) is 0. The van der Waals surface area contributed by atoms with Gasteiger partial charge in [0, 0.05) is 5.69 Å². The molecule has 0 unspecified atom stereocenters. The number of anilines is 3. The van der Waals surface area contributed by atoms with Crippen LogP contribution in [0.3, 0.4) is 0 Å². The van der Waals surface area contributed by atoms with Gasteiger partial charge >= 0.3 is 0 Å². The zero-order valence-electron chi connectivity index (χ0n) is 11.6. The summed E-state index contributed by atoms with van der Waals surface area (Å²) in [4.78, 5) is 11.5. The van der Waals surface area contributed by atoms with Crippen molar-refractivity contribution in [3.63, 3.8) is 0 Å². The van der Waals surface area contributed by atoms with Crippen molar-refractivity contribution in [1.82, 2.24) is 15.0 Å². The van der Waals surface area contributed by atoms with Gasteiger partial charge in [0.2, 0.25) is 5.95 Å². The molecule has 0 atom stereocenters. The molecule has 0 aliphatic carbocycles. The Bertz CT molecular complexity index is 792. The van der Waals surface area contributed by atoms with Crippen LogP contribution in [0, 0.1) is 5.82 Å². The first kappa shape index (κ1) is 13.8. The highest BCUT2D eigenvalue weighted by molar-refractivity contribution is 5.72. The molecule has 22 heavy (non-hydrogen) atoms. The van der Waals surface area contributed by atoms with Crippen molar-refractivity contribution in [2.45, 2.75) is 0 Å². The lowest BCUT2D eigenvalue weighted by Crippen LogP contribution is -2.02. The second-order valence-corrected chi connectivity index (χ2v) is 4.33. The van der Waals surface area contributed by atoms with Gasteiger partial charge in [0.1, 0.15) is 5.75 Å². The summed E-state index contributed by atoms with van der Waals surface area (Å²) in [6.07, 6.45) is 3.91. The molecule has 0 bridgehead atoms. The molecule has 8 heteroatoms. The van der Waals surface area contributed by atoms with Crippen molar-refractivity contribution in [1.29, 1.82) is 0 Å². The summed E-state index contributed by atoms with van der Waals surface area (Å²) in [7, 11) is 1.56. The zero-order chi connectivity index (χ0) is 15.5. The Labute approximate surface area is 125 Å². The van der Waals surface area contributed by atoms with Gasteiger partial charge in [0.05, 0.1) is 25.1 Å². The third kappa shape index (κ3) is 2.66. The van der Waals surface area contributed by atoms with Crippen molar-refractivity contribution >= 4 is 17.5 Å². The summed E-state index contributed by atoms with van der Waals surface area (Å²) in [5.74, 6) is 0.485. The Balaban J connectivity index is 1.94. The van der Waals surface area contributed by atoms with Crippen molar-refractivity contribution in [3.05, 3.63) is 42.8 Å². The number of hydrogen-bond acceptors (Lipinski definition) is 7. The highest BCUT2D eigenvalue weighted by atomic mass is 19.1. The van der Waals surface area contributed by atoms with E-state index in [1.165, 1.54) is 6.39 Å². The standard InChI is InChI=1S/C14H12FN5O2/c1-21-11-3-2-8(4-9(11)12-6-17-7-22-12)19-14-18-5-10(15)13(16)20-14/h2-7H,1H3,(H3,16,18,19,20). The molecule has 0 saturated carbocycles. The smallest absolute Gasteiger partial charge is 0.229 e. The highest BCUT2D eigenvalue weighted by Gasteiger charge is 2.11. The van der Waals surface area contributed by atoms with Crippen LogP contribution in [0.25, 0.3) is 11.3 Å². The fourth-order valence-corrected chi connectivity index (χ4v) is 1.90. The van der Waals surface area contributed by atoms with E-state index < -0.39 is 5.82 Å². The molecular weight excluding hydrogens is 289 g/mol. The molecule has 3 rings (SSSR count). The lowest BCUT2D eigenvalue weighted by atomic mass is 10.1. The van der Waals surface area contributed by atoms with Crippen LogP contribution in [0.2, 0.25) is 0 Å². The SMILES string of the molecule is COc1ccc(Nc2ncc(F)c(N)n2)cc1-c1cnco1. The predicted octanol–water partition coefficient (Wildman–Crippen LogP) is 2.61. The van der Waals surface area contributed by atoms with Crippen LogP contribution in [0.4, 0.5) is 21.8 Å². The molecule has 7 nitrogen and oxygen atoms in total. The molecule has 1 aromatic carbocycles. The molecule has 3 N–H and O–H groups in total. The maximum absolute atomic E-state index is 13.1. The van der Waals surface area contributed by atoms with Gasteiger partial charge in [-0.15, -0.1) is 0 Å². The Morgan fingerprint density at radius 3 is 2.86 bits per heavy atom. The molecular formula is C14H12FN5O2. The molecule has 2 heterocycles. The Morgan fingerprint density at radius 1 is 1.32 bits per heavy atom. The van der Waals surface area contributed by atoms with Gasteiger partial charge in [-0.2, -0.15) is 4.98 Å². The van der Waals surface area contributed by atoms with E-state index in [2.05, 4.69) is 20.3 Å². The lowest BCUT2D eigenvalue weighted by Gasteiger charge is -2.10. The van der Waals surface area contributed by atoms with E-state index in [9.17, 15) is 4.39 Å². The number of halogens is 1. The minimum atomic E-state index is -0.664. The average molecular weight is 301 g/mol. The highest BCUT2D eigenvalue weighted by Crippen LogP contribution is 2.32. The predicted molar refractivity (Wildman–Crippen MR) is 78.2 cm³/mol. The molecule has 0 fully saturated rings. The third-order valence-electron chi connectivity index (χ3n) is 2.92. The molecule has 0 aliphatic rings. The molecule has 0 amide bonds. The van der Waals surface area contributed by atoms with E-state index in [1.807, 2.05) is 0 Å². The number of aromatic nitrogens is 3. The maximum Gasteiger partial charge on any atom is 0.229 e. The number of ether oxygens (including phenoxy) is 1. The lowest BCUT2D eigenvalue weighted by molar-refractivity contribution is 0.414. The summed E-state index contributed by atoms with van der Waals surface area (Å²) in [5.41, 5.74) is 6.79. The van der Waals surface area contributed by atoms with Crippen molar-refractivity contribution in [2.75, 3.05) is 18.2 Å². The van der Waals surface area contributed by atoms with Gasteiger partial charge in [-0.1, -0.05) is 0 Å². The van der Waals surface area contributed by atoms with Crippen LogP contribution < -0.4 is 15.8 Å². The fourth-order valence-electron chi connectivity index (χ4n) is 1.90. The molecule has 3 aromatic rings. The summed E-state index contributed by atoms with van der Waals surface area (Å²) in [5, 5.41) is 2.94. The van der Waals surface area contributed by atoms with Gasteiger partial charge in [-0.25, -0.2) is 14.4 Å². The number of hydrogen-bond donors (Lipinski definition) is 2. The van der Waals surface area contributed by atoms with E-state index in [-0.39, 0.29) is 11.8 Å². The molecule has 0 spiro atoms. The van der Waals surface area contributed by atoms with Crippen LogP contribution in [0.5, 0.6) is 5.75 Å². The summed E-state index contributed by atoms with van der Waals surface area (Å²) >= 11 is 0. The van der Waals surface area contributed by atoms with Gasteiger partial charge in [0.25, 0.3) is 0 Å². The van der Waals surface area contributed by atoms with E-state index in [1.54, 1.807) is 31.5 Å². The minimum absolute atomic E-state index is 0.188. The van der Waals surface area contributed by atoms with Gasteiger partial charge in [-0.3, -0.25) is 0 Å². The van der Waals surface area contributed by atoms with Gasteiger partial charge in [-0.05, 0) is 18.2 Å². The molecule has 0 aliphatic heterocycles. The Morgan fingerprint density at radius 2 is 2.18 bits per heavy atom. The zero-order valence-corrected chi connectivity index (χ0v) is 11.6. The molecule has 0 radical (unpaired) electrons. The third-order valence-corrected chi connectivity index (χ3v) is 2.92. The number of nitrogens with zero attached hydrogens (tertiary/aromatic N) is 3. The number of benzene rings is 1. The number of rotatable bonds is 4. The van der Waals surface area contributed by atoms with Crippen LogP contribution in [-0.2, 0) is 0 Å². The largest absolute Gasteiger partial charge is 0.496 e. The molecule has 112 valence electrons. The van der Waals surface area contributed by atoms with E-state index in [4.69, 9.17) is 14.9 Å². The number of oxazole rings is 1. The second-order valence-electron chi connectivity index (χ2n) is 4.33. The van der Waals surface area contributed by atoms with Gasteiger partial charge < -0.3 is 20.2 Å². The second kappa shape index (κ2) is 5.68. The van der Waals surface area contributed by atoms with E-state index >= 15 is 0 Å². The van der Waals surface area contributed by atoms with Crippen LogP contribution in [0.15, 0.2) is 41.4 Å². The Hall–Kier alpha value is -3.16. The minimum Gasteiger partial charge on any atom is -0.496 e. The monoisotopic (exact) mass is 301 g/mol. The van der Waals surface area contributed by atoms with Gasteiger partial charge in [0.15, 0.2) is 23.8 Å². The molecule has 0 saturated heterocycles. The number of nitrogens with two attached hydrogens (primary N) is 1. The number of methoxy groups -OCH3 is 1. The first-order chi connectivity index (χ1) is 10.7. The molecule has 2 aromatic heterocycles. The number of nitrogens with one attached hydrogen (secondary N) is 1. The van der Waals surface area contributed by atoms with Crippen LogP contribution in [-0.4, -0.2) is 22.1 Å². The Kier molecular flexibility index (Phi) is 3.57. The normalized spacial score (nSPS) is 10.5. The first-order valence-corrected chi connectivity index (χ1v) is 6.29. The van der Waals surface area contributed by atoms with Crippen molar-refractivity contribution in [2.24, 2.45) is 0 Å². The topological polar surface area (TPSA) is 99.1 Å². The quantitative estimate of drug-likeness (QED) is 0.764. The summed E-state index contributed by atoms with van der Waals surface area (Å²) < 4.78 is 23.6. The average Bonchev–Trinajstić information content (AvgIpc) is 3.05.